The molecule has 0 bridgehead atoms. The van der Waals surface area contributed by atoms with Crippen molar-refractivity contribution in [1.29, 1.82) is 0 Å². The first kappa shape index (κ1) is 12.4. The average Bonchev–Trinajstić information content (AvgIpc) is 2.11. The van der Waals surface area contributed by atoms with Crippen molar-refractivity contribution in [3.8, 4) is 0 Å². The molecule has 3 atom stereocenters. The summed E-state index contributed by atoms with van der Waals surface area (Å²) in [7, 11) is 0. The zero-order chi connectivity index (χ0) is 9.56. The third-order valence-electron chi connectivity index (χ3n) is 2.58. The average molecular weight is 236 g/mol. The zero-order valence-electron chi connectivity index (χ0n) is 8.73. The molecule has 12 heavy (non-hydrogen) atoms. The van der Waals surface area contributed by atoms with Gasteiger partial charge in [-0.05, 0) is 25.3 Å². The number of nitrogens with one attached hydrogen (secondary N) is 1. The number of hydrogen-bond acceptors (Lipinski definition) is 1. The van der Waals surface area contributed by atoms with E-state index in [1.54, 1.807) is 0 Å². The molecule has 1 nitrogen and oxygen atoms in total. The van der Waals surface area contributed by atoms with Gasteiger partial charge < -0.3 is 5.32 Å². The standard InChI is InChI=1S/C10H22BrN/c1-5-8(2)7-12-10(4)9(3)6-11/h8-10,12H,5-7H2,1-4H3. The summed E-state index contributed by atoms with van der Waals surface area (Å²) in [5, 5.41) is 4.64. The van der Waals surface area contributed by atoms with Gasteiger partial charge in [-0.3, -0.25) is 0 Å². The van der Waals surface area contributed by atoms with Gasteiger partial charge in [-0.1, -0.05) is 43.1 Å². The van der Waals surface area contributed by atoms with Crippen LogP contribution in [0.25, 0.3) is 0 Å². The van der Waals surface area contributed by atoms with Crippen LogP contribution in [0.3, 0.4) is 0 Å². The van der Waals surface area contributed by atoms with Gasteiger partial charge >= 0.3 is 0 Å². The summed E-state index contributed by atoms with van der Waals surface area (Å²) >= 11 is 3.50. The topological polar surface area (TPSA) is 12.0 Å². The zero-order valence-corrected chi connectivity index (χ0v) is 10.3. The molecule has 0 aliphatic heterocycles. The summed E-state index contributed by atoms with van der Waals surface area (Å²) in [4.78, 5) is 0. The van der Waals surface area contributed by atoms with Gasteiger partial charge in [0.2, 0.25) is 0 Å². The summed E-state index contributed by atoms with van der Waals surface area (Å²) in [5.74, 6) is 1.52. The largest absolute Gasteiger partial charge is 0.314 e. The van der Waals surface area contributed by atoms with Crippen LogP contribution in [0.4, 0.5) is 0 Å². The Labute approximate surface area is 85.4 Å². The maximum Gasteiger partial charge on any atom is 0.00724 e. The molecule has 2 heteroatoms. The molecular formula is C10H22BrN. The monoisotopic (exact) mass is 235 g/mol. The molecule has 0 fully saturated rings. The predicted octanol–water partition coefficient (Wildman–Crippen LogP) is 3.04. The number of halogens is 1. The second kappa shape index (κ2) is 6.90. The first-order valence-electron chi connectivity index (χ1n) is 4.91. The summed E-state index contributed by atoms with van der Waals surface area (Å²) < 4.78 is 0. The number of rotatable bonds is 6. The highest BCUT2D eigenvalue weighted by molar-refractivity contribution is 9.09. The quantitative estimate of drug-likeness (QED) is 0.699. The van der Waals surface area contributed by atoms with E-state index in [0.717, 1.165) is 17.8 Å². The Bertz CT molecular complexity index is 106. The predicted molar refractivity (Wildman–Crippen MR) is 59.9 cm³/mol. The van der Waals surface area contributed by atoms with E-state index in [9.17, 15) is 0 Å². The van der Waals surface area contributed by atoms with E-state index in [0.29, 0.717) is 12.0 Å². The molecule has 0 aliphatic carbocycles. The third-order valence-corrected chi connectivity index (χ3v) is 3.60. The van der Waals surface area contributed by atoms with E-state index in [2.05, 4.69) is 48.9 Å². The van der Waals surface area contributed by atoms with Gasteiger partial charge in [-0.15, -0.1) is 0 Å². The Morgan fingerprint density at radius 1 is 1.25 bits per heavy atom. The minimum absolute atomic E-state index is 0.623. The maximum absolute atomic E-state index is 3.55. The van der Waals surface area contributed by atoms with Crippen LogP contribution in [0.5, 0.6) is 0 Å². The van der Waals surface area contributed by atoms with Gasteiger partial charge in [0.25, 0.3) is 0 Å². The van der Waals surface area contributed by atoms with Crippen LogP contribution in [0.1, 0.15) is 34.1 Å². The fourth-order valence-corrected chi connectivity index (χ4v) is 1.43. The molecule has 0 rings (SSSR count). The lowest BCUT2D eigenvalue weighted by atomic mass is 10.0. The lowest BCUT2D eigenvalue weighted by Gasteiger charge is -2.21. The second-order valence-electron chi connectivity index (χ2n) is 3.84. The maximum atomic E-state index is 3.55. The molecule has 3 unspecified atom stereocenters. The molecule has 0 amide bonds. The number of alkyl halides is 1. The highest BCUT2D eigenvalue weighted by atomic mass is 79.9. The minimum Gasteiger partial charge on any atom is -0.314 e. The highest BCUT2D eigenvalue weighted by Gasteiger charge is 2.10. The Hall–Kier alpha value is 0.440. The van der Waals surface area contributed by atoms with Gasteiger partial charge in [0.15, 0.2) is 0 Å². The second-order valence-corrected chi connectivity index (χ2v) is 4.49. The van der Waals surface area contributed by atoms with Crippen molar-refractivity contribution < 1.29 is 0 Å². The lowest BCUT2D eigenvalue weighted by Crippen LogP contribution is -2.35. The molecule has 0 aromatic rings. The van der Waals surface area contributed by atoms with Gasteiger partial charge in [-0.25, -0.2) is 0 Å². The lowest BCUT2D eigenvalue weighted by molar-refractivity contribution is 0.392. The molecule has 0 aromatic heterocycles. The van der Waals surface area contributed by atoms with Crippen LogP contribution in [0.2, 0.25) is 0 Å². The van der Waals surface area contributed by atoms with E-state index in [4.69, 9.17) is 0 Å². The fourth-order valence-electron chi connectivity index (χ4n) is 0.866. The van der Waals surface area contributed by atoms with Gasteiger partial charge in [0.1, 0.15) is 0 Å². The Balaban J connectivity index is 3.49. The molecule has 74 valence electrons. The molecule has 0 radical (unpaired) electrons. The molecule has 0 aromatic carbocycles. The van der Waals surface area contributed by atoms with E-state index in [1.807, 2.05) is 0 Å². The van der Waals surface area contributed by atoms with E-state index >= 15 is 0 Å². The van der Waals surface area contributed by atoms with Crippen LogP contribution in [0, 0.1) is 11.8 Å². The highest BCUT2D eigenvalue weighted by Crippen LogP contribution is 2.07. The summed E-state index contributed by atoms with van der Waals surface area (Å²) in [6.07, 6.45) is 1.27. The molecule has 0 saturated heterocycles. The van der Waals surface area contributed by atoms with Crippen molar-refractivity contribution in [2.75, 3.05) is 11.9 Å². The number of hydrogen-bond donors (Lipinski definition) is 1. The van der Waals surface area contributed by atoms with Crippen LogP contribution in [0.15, 0.2) is 0 Å². The fraction of sp³-hybridized carbons (Fsp3) is 1.00. The van der Waals surface area contributed by atoms with Gasteiger partial charge in [0, 0.05) is 11.4 Å². The minimum atomic E-state index is 0.623. The third kappa shape index (κ3) is 5.15. The van der Waals surface area contributed by atoms with Gasteiger partial charge in [0.05, 0.1) is 0 Å². The summed E-state index contributed by atoms with van der Waals surface area (Å²) in [5.41, 5.74) is 0. The molecule has 0 saturated carbocycles. The van der Waals surface area contributed by atoms with Crippen molar-refractivity contribution in [2.24, 2.45) is 11.8 Å². The van der Waals surface area contributed by atoms with Crippen LogP contribution in [-0.4, -0.2) is 17.9 Å². The normalized spacial score (nSPS) is 18.8. The SMILES string of the molecule is CCC(C)CNC(C)C(C)CBr. The molecule has 0 heterocycles. The Morgan fingerprint density at radius 2 is 1.83 bits per heavy atom. The molecular weight excluding hydrogens is 214 g/mol. The van der Waals surface area contributed by atoms with E-state index < -0.39 is 0 Å². The Morgan fingerprint density at radius 3 is 2.25 bits per heavy atom. The first-order chi connectivity index (χ1) is 5.61. The van der Waals surface area contributed by atoms with Crippen molar-refractivity contribution in [3.63, 3.8) is 0 Å². The van der Waals surface area contributed by atoms with Crippen molar-refractivity contribution >= 4 is 15.9 Å². The van der Waals surface area contributed by atoms with Crippen molar-refractivity contribution in [3.05, 3.63) is 0 Å². The smallest absolute Gasteiger partial charge is 0.00724 e. The first-order valence-corrected chi connectivity index (χ1v) is 6.03. The van der Waals surface area contributed by atoms with Crippen LogP contribution in [-0.2, 0) is 0 Å². The van der Waals surface area contributed by atoms with Crippen molar-refractivity contribution in [2.45, 2.75) is 40.2 Å². The van der Waals surface area contributed by atoms with Gasteiger partial charge in [-0.2, -0.15) is 0 Å². The van der Waals surface area contributed by atoms with Crippen molar-refractivity contribution in [1.82, 2.24) is 5.32 Å². The van der Waals surface area contributed by atoms with Crippen LogP contribution >= 0.6 is 15.9 Å². The Kier molecular flexibility index (Phi) is 7.16. The van der Waals surface area contributed by atoms with Crippen LogP contribution < -0.4 is 5.32 Å². The van der Waals surface area contributed by atoms with E-state index in [1.165, 1.54) is 6.42 Å². The molecule has 0 spiro atoms. The summed E-state index contributed by atoms with van der Waals surface area (Å²) in [6, 6.07) is 0.623. The van der Waals surface area contributed by atoms with E-state index in [-0.39, 0.29) is 0 Å². The molecule has 0 aliphatic rings. The molecule has 1 N–H and O–H groups in total. The summed E-state index contributed by atoms with van der Waals surface area (Å²) in [6.45, 7) is 10.2.